The van der Waals surface area contributed by atoms with Crippen molar-refractivity contribution in [1.29, 1.82) is 0 Å². The quantitative estimate of drug-likeness (QED) is 0.634. The summed E-state index contributed by atoms with van der Waals surface area (Å²) >= 11 is 0. The lowest BCUT2D eigenvalue weighted by Gasteiger charge is -1.89. The van der Waals surface area contributed by atoms with Crippen LogP contribution in [0.4, 0.5) is 0 Å². The Labute approximate surface area is 85.2 Å². The molecule has 0 amide bonds. The molecule has 74 valence electrons. The van der Waals surface area contributed by atoms with Crippen LogP contribution in [-0.2, 0) is 0 Å². The predicted octanol–water partition coefficient (Wildman–Crippen LogP) is 2.53. The minimum atomic E-state index is 0.231. The van der Waals surface area contributed by atoms with Crippen LogP contribution in [0.25, 0.3) is 22.6 Å². The summed E-state index contributed by atoms with van der Waals surface area (Å²) in [5.74, 6) is 1.58. The molecule has 0 bridgehead atoms. The van der Waals surface area contributed by atoms with E-state index in [9.17, 15) is 5.11 Å². The maximum atomic E-state index is 9.30. The molecule has 0 saturated heterocycles. The Balaban J connectivity index is 2.22. The Hall–Kier alpha value is -2.23. The number of aromatic nitrogens is 2. The molecule has 0 saturated carbocycles. The molecule has 0 spiro atoms. The van der Waals surface area contributed by atoms with Gasteiger partial charge in [0.1, 0.15) is 11.3 Å². The molecule has 0 atom stereocenters. The fourth-order valence-electron chi connectivity index (χ4n) is 1.55. The Bertz CT molecular complexity index is 596. The van der Waals surface area contributed by atoms with Crippen LogP contribution in [0.15, 0.2) is 41.1 Å². The second kappa shape index (κ2) is 2.88. The van der Waals surface area contributed by atoms with Crippen LogP contribution in [-0.4, -0.2) is 15.1 Å². The lowest BCUT2D eigenvalue weighted by molar-refractivity contribution is 0.476. The molecule has 15 heavy (non-hydrogen) atoms. The standard InChI is InChI=1S/C11H8N2O2/c14-8-1-2-9-7(5-8)6-10(15-9)11-12-3-4-13-11/h1-6,14H,(H,12,13). The van der Waals surface area contributed by atoms with E-state index in [1.165, 1.54) is 0 Å². The number of aromatic amines is 1. The van der Waals surface area contributed by atoms with Crippen molar-refractivity contribution >= 4 is 11.0 Å². The van der Waals surface area contributed by atoms with Gasteiger partial charge in [0.05, 0.1) is 0 Å². The second-order valence-corrected chi connectivity index (χ2v) is 3.27. The molecule has 2 heterocycles. The minimum absolute atomic E-state index is 0.231. The molecule has 4 nitrogen and oxygen atoms in total. The molecular formula is C11H8N2O2. The number of H-pyrrole nitrogens is 1. The van der Waals surface area contributed by atoms with Crippen LogP contribution < -0.4 is 0 Å². The van der Waals surface area contributed by atoms with Crippen LogP contribution in [0.2, 0.25) is 0 Å². The highest BCUT2D eigenvalue weighted by Crippen LogP contribution is 2.27. The van der Waals surface area contributed by atoms with Crippen LogP contribution in [0.1, 0.15) is 0 Å². The van der Waals surface area contributed by atoms with Gasteiger partial charge in [-0.05, 0) is 24.3 Å². The summed E-state index contributed by atoms with van der Waals surface area (Å²) in [7, 11) is 0. The van der Waals surface area contributed by atoms with Gasteiger partial charge in [-0.3, -0.25) is 0 Å². The van der Waals surface area contributed by atoms with E-state index in [-0.39, 0.29) is 5.75 Å². The zero-order chi connectivity index (χ0) is 10.3. The summed E-state index contributed by atoms with van der Waals surface area (Å²) in [6, 6.07) is 6.83. The Morgan fingerprint density at radius 3 is 3.00 bits per heavy atom. The van der Waals surface area contributed by atoms with E-state index in [0.717, 1.165) is 11.0 Å². The first kappa shape index (κ1) is 8.11. The van der Waals surface area contributed by atoms with Gasteiger partial charge in [0.15, 0.2) is 11.6 Å². The lowest BCUT2D eigenvalue weighted by Crippen LogP contribution is -1.73. The van der Waals surface area contributed by atoms with Gasteiger partial charge >= 0.3 is 0 Å². The normalized spacial score (nSPS) is 10.9. The number of benzene rings is 1. The van der Waals surface area contributed by atoms with Crippen molar-refractivity contribution in [1.82, 2.24) is 9.97 Å². The maximum Gasteiger partial charge on any atom is 0.173 e. The first-order valence-corrected chi connectivity index (χ1v) is 4.55. The number of hydrogen-bond donors (Lipinski definition) is 2. The molecule has 0 radical (unpaired) electrons. The van der Waals surface area contributed by atoms with Crippen LogP contribution in [0.5, 0.6) is 5.75 Å². The van der Waals surface area contributed by atoms with E-state index in [2.05, 4.69) is 9.97 Å². The number of aromatic hydroxyl groups is 1. The van der Waals surface area contributed by atoms with E-state index < -0.39 is 0 Å². The Morgan fingerprint density at radius 1 is 1.27 bits per heavy atom. The highest BCUT2D eigenvalue weighted by Gasteiger charge is 2.07. The summed E-state index contributed by atoms with van der Waals surface area (Å²) in [4.78, 5) is 7.05. The summed E-state index contributed by atoms with van der Waals surface area (Å²) in [6.07, 6.45) is 3.40. The first-order chi connectivity index (χ1) is 7.33. The number of fused-ring (bicyclic) bond motifs is 1. The molecule has 0 unspecified atom stereocenters. The number of rotatable bonds is 1. The van der Waals surface area contributed by atoms with Crippen LogP contribution in [0.3, 0.4) is 0 Å². The molecule has 4 heteroatoms. The van der Waals surface area contributed by atoms with Crippen LogP contribution in [0, 0.1) is 0 Å². The molecule has 1 aromatic carbocycles. The van der Waals surface area contributed by atoms with Crippen molar-refractivity contribution in [2.75, 3.05) is 0 Å². The Kier molecular flexibility index (Phi) is 1.56. The van der Waals surface area contributed by atoms with Gasteiger partial charge in [0.2, 0.25) is 0 Å². The molecule has 0 aliphatic heterocycles. The van der Waals surface area contributed by atoms with Crippen molar-refractivity contribution in [2.45, 2.75) is 0 Å². The largest absolute Gasteiger partial charge is 0.508 e. The Morgan fingerprint density at radius 2 is 2.20 bits per heavy atom. The first-order valence-electron chi connectivity index (χ1n) is 4.55. The molecule has 3 aromatic rings. The number of nitrogens with one attached hydrogen (secondary N) is 1. The minimum Gasteiger partial charge on any atom is -0.508 e. The van der Waals surface area contributed by atoms with Crippen molar-refractivity contribution in [3.8, 4) is 17.3 Å². The predicted molar refractivity (Wildman–Crippen MR) is 55.5 cm³/mol. The van der Waals surface area contributed by atoms with E-state index in [4.69, 9.17) is 4.42 Å². The summed E-state index contributed by atoms with van der Waals surface area (Å²) in [5, 5.41) is 10.2. The number of phenolic OH excluding ortho intramolecular Hbond substituents is 1. The molecule has 3 rings (SSSR count). The number of furan rings is 1. The van der Waals surface area contributed by atoms with E-state index in [1.807, 2.05) is 6.07 Å². The third kappa shape index (κ3) is 1.27. The molecule has 2 aromatic heterocycles. The smallest absolute Gasteiger partial charge is 0.173 e. The van der Waals surface area contributed by atoms with Gasteiger partial charge in [-0.2, -0.15) is 0 Å². The summed E-state index contributed by atoms with van der Waals surface area (Å²) < 4.78 is 5.56. The van der Waals surface area contributed by atoms with E-state index in [0.29, 0.717) is 11.6 Å². The van der Waals surface area contributed by atoms with E-state index >= 15 is 0 Å². The SMILES string of the molecule is Oc1ccc2oc(-c3ncc[nH]3)cc2c1. The number of phenols is 1. The van der Waals surface area contributed by atoms with Gasteiger partial charge in [-0.15, -0.1) is 0 Å². The topological polar surface area (TPSA) is 62.1 Å². The third-order valence-electron chi connectivity index (χ3n) is 2.23. The van der Waals surface area contributed by atoms with Crippen LogP contribution >= 0.6 is 0 Å². The highest BCUT2D eigenvalue weighted by molar-refractivity contribution is 5.82. The zero-order valence-electron chi connectivity index (χ0n) is 7.77. The van der Waals surface area contributed by atoms with Gasteiger partial charge in [0, 0.05) is 17.8 Å². The van der Waals surface area contributed by atoms with E-state index in [1.54, 1.807) is 30.6 Å². The maximum absolute atomic E-state index is 9.30. The summed E-state index contributed by atoms with van der Waals surface area (Å²) in [6.45, 7) is 0. The molecule has 0 aliphatic rings. The third-order valence-corrected chi connectivity index (χ3v) is 2.23. The number of hydrogen-bond acceptors (Lipinski definition) is 3. The molecule has 0 aliphatic carbocycles. The van der Waals surface area contributed by atoms with Gasteiger partial charge in [-0.25, -0.2) is 4.98 Å². The van der Waals surface area contributed by atoms with Crippen molar-refractivity contribution in [3.05, 3.63) is 36.7 Å². The van der Waals surface area contributed by atoms with Gasteiger partial charge < -0.3 is 14.5 Å². The fraction of sp³-hybridized carbons (Fsp3) is 0. The lowest BCUT2D eigenvalue weighted by atomic mass is 10.2. The average molecular weight is 200 g/mol. The summed E-state index contributed by atoms with van der Waals surface area (Å²) in [5.41, 5.74) is 0.735. The fourth-order valence-corrected chi connectivity index (χ4v) is 1.55. The van der Waals surface area contributed by atoms with Crippen molar-refractivity contribution < 1.29 is 9.52 Å². The zero-order valence-corrected chi connectivity index (χ0v) is 7.77. The van der Waals surface area contributed by atoms with Crippen molar-refractivity contribution in [3.63, 3.8) is 0 Å². The molecule has 0 fully saturated rings. The monoisotopic (exact) mass is 200 g/mol. The molecular weight excluding hydrogens is 192 g/mol. The average Bonchev–Trinajstić information content (AvgIpc) is 2.84. The second-order valence-electron chi connectivity index (χ2n) is 3.27. The number of nitrogens with zero attached hydrogens (tertiary/aromatic N) is 1. The van der Waals surface area contributed by atoms with Crippen molar-refractivity contribution in [2.24, 2.45) is 0 Å². The number of imidazole rings is 1. The van der Waals surface area contributed by atoms with Gasteiger partial charge in [-0.1, -0.05) is 0 Å². The molecule has 2 N–H and O–H groups in total. The van der Waals surface area contributed by atoms with Gasteiger partial charge in [0.25, 0.3) is 0 Å². The highest BCUT2D eigenvalue weighted by atomic mass is 16.3.